The first-order valence-corrected chi connectivity index (χ1v) is 5.41. The van der Waals surface area contributed by atoms with Gasteiger partial charge in [0.1, 0.15) is 0 Å². The number of dihydropyridines is 1. The number of hydrogen-bond donors (Lipinski definition) is 2. The molecule has 0 bridgehead atoms. The van der Waals surface area contributed by atoms with Crippen LogP contribution in [0.5, 0.6) is 0 Å². The van der Waals surface area contributed by atoms with E-state index in [1.165, 1.54) is 6.42 Å². The number of amides is 1. The molecule has 2 rings (SSSR count). The van der Waals surface area contributed by atoms with E-state index in [-0.39, 0.29) is 5.91 Å². The van der Waals surface area contributed by atoms with Gasteiger partial charge >= 0.3 is 0 Å². The van der Waals surface area contributed by atoms with E-state index in [0.29, 0.717) is 17.5 Å². The smallest absolute Gasteiger partial charge is 0.266 e. The second kappa shape index (κ2) is 3.77. The van der Waals surface area contributed by atoms with Crippen LogP contribution >= 0.6 is 0 Å². The fraction of sp³-hybridized carbons (Fsp3) is 0.636. The van der Waals surface area contributed by atoms with Gasteiger partial charge in [0.2, 0.25) is 0 Å². The van der Waals surface area contributed by atoms with Crippen LogP contribution in [0, 0.1) is 5.92 Å². The van der Waals surface area contributed by atoms with Gasteiger partial charge in [0.25, 0.3) is 5.91 Å². The standard InChI is InChI=1S/C11H17N3O/c1-6-8-4-3-5-9(8)13-7(2)10(6)11(15)14-12/h8-9H,3-5,12H2,1-2H3,(H,14,15). The lowest BCUT2D eigenvalue weighted by Gasteiger charge is -2.26. The average Bonchev–Trinajstić information content (AvgIpc) is 2.65. The van der Waals surface area contributed by atoms with Crippen molar-refractivity contribution < 1.29 is 4.79 Å². The van der Waals surface area contributed by atoms with Crippen LogP contribution in [-0.4, -0.2) is 17.7 Å². The number of hydrazine groups is 1. The summed E-state index contributed by atoms with van der Waals surface area (Å²) in [4.78, 5) is 16.2. The summed E-state index contributed by atoms with van der Waals surface area (Å²) in [6, 6.07) is 0.402. The predicted molar refractivity (Wildman–Crippen MR) is 59.3 cm³/mol. The van der Waals surface area contributed by atoms with E-state index in [2.05, 4.69) is 10.4 Å². The minimum Gasteiger partial charge on any atom is -0.290 e. The maximum absolute atomic E-state index is 11.6. The van der Waals surface area contributed by atoms with Gasteiger partial charge in [-0.3, -0.25) is 15.2 Å². The highest BCUT2D eigenvalue weighted by molar-refractivity contribution is 6.21. The lowest BCUT2D eigenvalue weighted by atomic mass is 9.86. The zero-order valence-electron chi connectivity index (χ0n) is 9.21. The van der Waals surface area contributed by atoms with Crippen LogP contribution in [0.25, 0.3) is 0 Å². The summed E-state index contributed by atoms with van der Waals surface area (Å²) >= 11 is 0. The van der Waals surface area contributed by atoms with Crippen molar-refractivity contribution in [1.29, 1.82) is 0 Å². The molecule has 0 spiro atoms. The van der Waals surface area contributed by atoms with Gasteiger partial charge in [-0.1, -0.05) is 12.0 Å². The first kappa shape index (κ1) is 10.4. The fourth-order valence-electron chi connectivity index (χ4n) is 2.80. The molecule has 2 atom stereocenters. The number of fused-ring (bicyclic) bond motifs is 1. The molecule has 0 aromatic carbocycles. The Morgan fingerprint density at radius 3 is 2.87 bits per heavy atom. The lowest BCUT2D eigenvalue weighted by molar-refractivity contribution is -0.117. The van der Waals surface area contributed by atoms with Crippen molar-refractivity contribution in [2.24, 2.45) is 16.8 Å². The Labute approximate surface area is 89.6 Å². The number of nitrogens with two attached hydrogens (primary N) is 1. The number of carbonyl (C=O) groups excluding carboxylic acids is 1. The molecular weight excluding hydrogens is 190 g/mol. The molecule has 1 aliphatic carbocycles. The van der Waals surface area contributed by atoms with Crippen molar-refractivity contribution >= 4 is 11.6 Å². The molecule has 15 heavy (non-hydrogen) atoms. The summed E-state index contributed by atoms with van der Waals surface area (Å²) in [6.07, 6.45) is 3.51. The van der Waals surface area contributed by atoms with Crippen LogP contribution in [0.15, 0.2) is 16.1 Å². The molecule has 1 amide bonds. The van der Waals surface area contributed by atoms with E-state index in [1.54, 1.807) is 0 Å². The average molecular weight is 207 g/mol. The van der Waals surface area contributed by atoms with Crippen LogP contribution in [0.1, 0.15) is 33.1 Å². The minimum absolute atomic E-state index is 0.209. The minimum atomic E-state index is -0.209. The van der Waals surface area contributed by atoms with Crippen molar-refractivity contribution in [3.8, 4) is 0 Å². The molecule has 1 heterocycles. The molecule has 3 N–H and O–H groups in total. The maximum Gasteiger partial charge on any atom is 0.266 e. The summed E-state index contributed by atoms with van der Waals surface area (Å²) < 4.78 is 0. The Hall–Kier alpha value is -1.16. The molecule has 1 fully saturated rings. The number of nitrogens with zero attached hydrogens (tertiary/aromatic N) is 1. The van der Waals surface area contributed by atoms with Gasteiger partial charge in [-0.2, -0.15) is 0 Å². The summed E-state index contributed by atoms with van der Waals surface area (Å²) in [5, 5.41) is 0. The first-order valence-electron chi connectivity index (χ1n) is 5.41. The highest BCUT2D eigenvalue weighted by Gasteiger charge is 2.34. The summed E-state index contributed by atoms with van der Waals surface area (Å²) in [7, 11) is 0. The monoisotopic (exact) mass is 207 g/mol. The Morgan fingerprint density at radius 1 is 1.47 bits per heavy atom. The van der Waals surface area contributed by atoms with Crippen molar-refractivity contribution in [3.63, 3.8) is 0 Å². The molecule has 4 nitrogen and oxygen atoms in total. The van der Waals surface area contributed by atoms with Crippen LogP contribution in [0.3, 0.4) is 0 Å². The zero-order chi connectivity index (χ0) is 11.0. The highest BCUT2D eigenvalue weighted by atomic mass is 16.2. The molecule has 0 aromatic heterocycles. The first-order chi connectivity index (χ1) is 7.15. The van der Waals surface area contributed by atoms with Gasteiger partial charge < -0.3 is 0 Å². The number of aliphatic imine (C=N–C) groups is 1. The second-order valence-corrected chi connectivity index (χ2v) is 4.35. The van der Waals surface area contributed by atoms with Crippen LogP contribution in [0.4, 0.5) is 0 Å². The third kappa shape index (κ3) is 1.59. The molecule has 2 unspecified atom stereocenters. The Kier molecular flexibility index (Phi) is 2.61. The SMILES string of the molecule is CC1=NC2CCCC2C(C)=C1C(=O)NN. The third-order valence-electron chi connectivity index (χ3n) is 3.51. The van der Waals surface area contributed by atoms with Gasteiger partial charge in [0.05, 0.1) is 11.6 Å². The summed E-state index contributed by atoms with van der Waals surface area (Å²) in [5.74, 6) is 5.43. The number of carbonyl (C=O) groups is 1. The third-order valence-corrected chi connectivity index (χ3v) is 3.51. The van der Waals surface area contributed by atoms with E-state index >= 15 is 0 Å². The van der Waals surface area contributed by atoms with E-state index in [9.17, 15) is 4.79 Å². The van der Waals surface area contributed by atoms with Crippen molar-refractivity contribution in [1.82, 2.24) is 5.43 Å². The molecule has 1 saturated carbocycles. The Morgan fingerprint density at radius 2 is 2.20 bits per heavy atom. The molecule has 0 saturated heterocycles. The van der Waals surface area contributed by atoms with Gasteiger partial charge in [0.15, 0.2) is 0 Å². The number of hydrogen-bond acceptors (Lipinski definition) is 3. The Bertz CT molecular complexity index is 357. The summed E-state index contributed by atoms with van der Waals surface area (Å²) in [5.41, 5.74) is 4.88. The number of nitrogens with one attached hydrogen (secondary N) is 1. The van der Waals surface area contributed by atoms with E-state index in [4.69, 9.17) is 5.84 Å². The molecular formula is C11H17N3O. The van der Waals surface area contributed by atoms with E-state index in [1.807, 2.05) is 13.8 Å². The van der Waals surface area contributed by atoms with Gasteiger partial charge in [-0.15, -0.1) is 0 Å². The number of rotatable bonds is 1. The van der Waals surface area contributed by atoms with Crippen LogP contribution < -0.4 is 11.3 Å². The molecule has 1 aliphatic heterocycles. The van der Waals surface area contributed by atoms with Crippen molar-refractivity contribution in [2.75, 3.05) is 0 Å². The molecule has 0 aromatic rings. The molecule has 4 heteroatoms. The molecule has 82 valence electrons. The van der Waals surface area contributed by atoms with Crippen LogP contribution in [-0.2, 0) is 4.79 Å². The van der Waals surface area contributed by atoms with Crippen LogP contribution in [0.2, 0.25) is 0 Å². The Balaban J connectivity index is 2.39. The normalized spacial score (nSPS) is 29.9. The lowest BCUT2D eigenvalue weighted by Crippen LogP contribution is -2.37. The highest BCUT2D eigenvalue weighted by Crippen LogP contribution is 2.38. The van der Waals surface area contributed by atoms with Gasteiger partial charge in [0, 0.05) is 11.6 Å². The molecule has 2 aliphatic rings. The fourth-order valence-corrected chi connectivity index (χ4v) is 2.80. The van der Waals surface area contributed by atoms with Crippen molar-refractivity contribution in [2.45, 2.75) is 39.2 Å². The summed E-state index contributed by atoms with van der Waals surface area (Å²) in [6.45, 7) is 3.92. The van der Waals surface area contributed by atoms with E-state index in [0.717, 1.165) is 24.1 Å². The molecule has 0 radical (unpaired) electrons. The topological polar surface area (TPSA) is 67.5 Å². The second-order valence-electron chi connectivity index (χ2n) is 4.35. The maximum atomic E-state index is 11.6. The predicted octanol–water partition coefficient (Wildman–Crippen LogP) is 0.936. The largest absolute Gasteiger partial charge is 0.290 e. The quantitative estimate of drug-likeness (QED) is 0.381. The zero-order valence-corrected chi connectivity index (χ0v) is 9.21. The van der Waals surface area contributed by atoms with Gasteiger partial charge in [-0.05, 0) is 26.7 Å². The van der Waals surface area contributed by atoms with Gasteiger partial charge in [-0.25, -0.2) is 5.84 Å². The van der Waals surface area contributed by atoms with Crippen molar-refractivity contribution in [3.05, 3.63) is 11.1 Å². The van der Waals surface area contributed by atoms with E-state index < -0.39 is 0 Å².